The Kier molecular flexibility index (Phi) is 1.59. The lowest BCUT2D eigenvalue weighted by Crippen LogP contribution is -2.05. The van der Waals surface area contributed by atoms with Crippen LogP contribution in [0.2, 0.25) is 0 Å². The Morgan fingerprint density at radius 1 is 1.50 bits per heavy atom. The maximum Gasteiger partial charge on any atom is 0.135 e. The number of thiol groups is 2. The molecule has 0 bridgehead atoms. The van der Waals surface area contributed by atoms with Crippen molar-refractivity contribution in [3.63, 3.8) is 0 Å². The van der Waals surface area contributed by atoms with Crippen LogP contribution in [0.4, 0.5) is 0 Å². The number of carbonyl (C=O) groups is 1. The van der Waals surface area contributed by atoms with E-state index < -0.39 is 0 Å². The van der Waals surface area contributed by atoms with Crippen molar-refractivity contribution in [2.24, 2.45) is 0 Å². The van der Waals surface area contributed by atoms with Gasteiger partial charge in [0, 0.05) is 12.8 Å². The molecule has 1 aliphatic rings. The quantitative estimate of drug-likeness (QED) is 0.391. The molecule has 0 heterocycles. The van der Waals surface area contributed by atoms with E-state index in [1.807, 2.05) is 0 Å². The first-order chi connectivity index (χ1) is 3.60. The van der Waals surface area contributed by atoms with Crippen molar-refractivity contribution in [2.45, 2.75) is 23.3 Å². The van der Waals surface area contributed by atoms with Gasteiger partial charge in [0.1, 0.15) is 5.78 Å². The Bertz CT molecular complexity index is 120. The highest BCUT2D eigenvalue weighted by atomic mass is 32.2. The Morgan fingerprint density at radius 2 is 2.12 bits per heavy atom. The molecule has 0 unspecified atom stereocenters. The third kappa shape index (κ3) is 1.42. The lowest BCUT2D eigenvalue weighted by atomic mass is 10.3. The Labute approximate surface area is 59.7 Å². The zero-order valence-electron chi connectivity index (χ0n) is 4.42. The third-order valence-corrected chi connectivity index (χ3v) is 2.05. The van der Waals surface area contributed by atoms with Crippen molar-refractivity contribution < 1.29 is 4.79 Å². The molecule has 0 atom stereocenters. The molecule has 1 fully saturated rings. The number of carbonyl (C=O) groups excluding carboxylic acids is 1. The summed E-state index contributed by atoms with van der Waals surface area (Å²) >= 11 is 8.30. The Hall–Kier alpha value is 0.370. The maximum absolute atomic E-state index is 10.6. The Balaban J connectivity index is 2.56. The fraction of sp³-hybridized carbons (Fsp3) is 0.800. The molecule has 1 saturated carbocycles. The molecule has 0 aromatic heterocycles. The van der Waals surface area contributed by atoms with Crippen molar-refractivity contribution in [2.75, 3.05) is 0 Å². The summed E-state index contributed by atoms with van der Waals surface area (Å²) in [6.07, 6.45) is 2.00. The molecule has 0 aromatic rings. The predicted octanol–water partition coefficient (Wildman–Crippen LogP) is 1.30. The molecular weight excluding hydrogens is 140 g/mol. The zero-order valence-corrected chi connectivity index (χ0v) is 6.21. The van der Waals surface area contributed by atoms with Crippen LogP contribution in [-0.4, -0.2) is 9.86 Å². The summed E-state index contributed by atoms with van der Waals surface area (Å²) < 4.78 is -0.295. The van der Waals surface area contributed by atoms with Crippen LogP contribution in [0.1, 0.15) is 19.3 Å². The van der Waals surface area contributed by atoms with Gasteiger partial charge in [0.2, 0.25) is 0 Å². The second-order valence-electron chi connectivity index (χ2n) is 2.20. The van der Waals surface area contributed by atoms with Gasteiger partial charge in [-0.05, 0) is 6.42 Å². The van der Waals surface area contributed by atoms with Crippen LogP contribution in [0.5, 0.6) is 0 Å². The zero-order chi connectivity index (χ0) is 6.20. The minimum atomic E-state index is -0.295. The average molecular weight is 148 g/mol. The summed E-state index contributed by atoms with van der Waals surface area (Å²) in [6.45, 7) is 0. The van der Waals surface area contributed by atoms with E-state index >= 15 is 0 Å². The van der Waals surface area contributed by atoms with Crippen LogP contribution < -0.4 is 0 Å². The van der Waals surface area contributed by atoms with Gasteiger partial charge in [0.05, 0.1) is 4.08 Å². The fourth-order valence-corrected chi connectivity index (χ4v) is 1.41. The molecule has 0 aromatic carbocycles. The first-order valence-corrected chi connectivity index (χ1v) is 3.46. The largest absolute Gasteiger partial charge is 0.300 e. The normalized spacial score (nSPS) is 26.5. The highest BCUT2D eigenvalue weighted by molar-refractivity contribution is 8.00. The van der Waals surface area contributed by atoms with Gasteiger partial charge in [0.15, 0.2) is 0 Å². The van der Waals surface area contributed by atoms with Gasteiger partial charge in [-0.15, -0.1) is 0 Å². The van der Waals surface area contributed by atoms with Gasteiger partial charge < -0.3 is 0 Å². The van der Waals surface area contributed by atoms with Gasteiger partial charge in [-0.2, -0.15) is 25.3 Å². The first kappa shape index (κ1) is 6.49. The SMILES string of the molecule is O=C1CCC(S)(S)C1. The highest BCUT2D eigenvalue weighted by Gasteiger charge is 2.30. The topological polar surface area (TPSA) is 17.1 Å². The molecule has 0 saturated heterocycles. The lowest BCUT2D eigenvalue weighted by Gasteiger charge is -2.10. The monoisotopic (exact) mass is 148 g/mol. The third-order valence-electron chi connectivity index (χ3n) is 1.28. The van der Waals surface area contributed by atoms with Gasteiger partial charge in [-0.25, -0.2) is 0 Å². The summed E-state index contributed by atoms with van der Waals surface area (Å²) in [7, 11) is 0. The van der Waals surface area contributed by atoms with E-state index in [0.29, 0.717) is 12.8 Å². The lowest BCUT2D eigenvalue weighted by molar-refractivity contribution is -0.117. The molecule has 8 heavy (non-hydrogen) atoms. The Morgan fingerprint density at radius 3 is 2.25 bits per heavy atom. The number of ketones is 1. The predicted molar refractivity (Wildman–Crippen MR) is 39.6 cm³/mol. The number of hydrogen-bond donors (Lipinski definition) is 2. The van der Waals surface area contributed by atoms with Crippen molar-refractivity contribution in [1.29, 1.82) is 0 Å². The van der Waals surface area contributed by atoms with Crippen LogP contribution in [0.25, 0.3) is 0 Å². The van der Waals surface area contributed by atoms with E-state index in [0.717, 1.165) is 6.42 Å². The average Bonchev–Trinajstić information content (AvgIpc) is 1.82. The summed E-state index contributed by atoms with van der Waals surface area (Å²) in [5.41, 5.74) is 0. The number of Topliss-reactive ketones (excluding diaryl/α,β-unsaturated/α-hetero) is 1. The van der Waals surface area contributed by atoms with E-state index in [2.05, 4.69) is 25.3 Å². The number of rotatable bonds is 0. The molecule has 0 aliphatic heterocycles. The number of hydrogen-bond acceptors (Lipinski definition) is 3. The molecular formula is C5H8OS2. The minimum Gasteiger partial charge on any atom is -0.300 e. The molecule has 46 valence electrons. The van der Waals surface area contributed by atoms with E-state index in [4.69, 9.17) is 0 Å². The summed E-state index contributed by atoms with van der Waals surface area (Å²) in [6, 6.07) is 0. The summed E-state index contributed by atoms with van der Waals surface area (Å²) in [4.78, 5) is 10.6. The summed E-state index contributed by atoms with van der Waals surface area (Å²) in [5, 5.41) is 0. The van der Waals surface area contributed by atoms with E-state index in [9.17, 15) is 4.79 Å². The van der Waals surface area contributed by atoms with Crippen molar-refractivity contribution >= 4 is 31.0 Å². The van der Waals surface area contributed by atoms with E-state index in [-0.39, 0.29) is 9.86 Å². The molecule has 1 rings (SSSR count). The van der Waals surface area contributed by atoms with E-state index in [1.165, 1.54) is 0 Å². The van der Waals surface area contributed by atoms with Crippen molar-refractivity contribution in [3.8, 4) is 0 Å². The van der Waals surface area contributed by atoms with Gasteiger partial charge >= 0.3 is 0 Å². The molecule has 0 radical (unpaired) electrons. The molecule has 0 amide bonds. The maximum atomic E-state index is 10.6. The fourth-order valence-electron chi connectivity index (χ4n) is 0.832. The van der Waals surface area contributed by atoms with E-state index in [1.54, 1.807) is 0 Å². The molecule has 0 spiro atoms. The van der Waals surface area contributed by atoms with Crippen LogP contribution in [0.15, 0.2) is 0 Å². The standard InChI is InChI=1S/C5H8OS2/c6-4-1-2-5(7,8)3-4/h7-8H,1-3H2. The van der Waals surface area contributed by atoms with Crippen LogP contribution in [-0.2, 0) is 4.79 Å². The van der Waals surface area contributed by atoms with Crippen molar-refractivity contribution in [3.05, 3.63) is 0 Å². The van der Waals surface area contributed by atoms with Gasteiger partial charge in [-0.1, -0.05) is 0 Å². The van der Waals surface area contributed by atoms with Gasteiger partial charge in [-0.3, -0.25) is 4.79 Å². The second-order valence-corrected chi connectivity index (χ2v) is 4.26. The summed E-state index contributed by atoms with van der Waals surface area (Å²) in [5.74, 6) is 0.287. The van der Waals surface area contributed by atoms with Crippen LogP contribution in [0, 0.1) is 0 Å². The second kappa shape index (κ2) is 1.95. The molecule has 1 nitrogen and oxygen atoms in total. The smallest absolute Gasteiger partial charge is 0.135 e. The molecule has 3 heteroatoms. The first-order valence-electron chi connectivity index (χ1n) is 2.57. The highest BCUT2D eigenvalue weighted by Crippen LogP contribution is 2.36. The van der Waals surface area contributed by atoms with Gasteiger partial charge in [0.25, 0.3) is 0 Å². The van der Waals surface area contributed by atoms with Crippen LogP contribution in [0.3, 0.4) is 0 Å². The molecule has 0 N–H and O–H groups in total. The van der Waals surface area contributed by atoms with Crippen LogP contribution >= 0.6 is 25.3 Å². The molecule has 1 aliphatic carbocycles. The van der Waals surface area contributed by atoms with Crippen molar-refractivity contribution in [1.82, 2.24) is 0 Å². The minimum absolute atomic E-state index is 0.287.